The molecule has 1 fully saturated rings. The van der Waals surface area contributed by atoms with E-state index in [0.29, 0.717) is 31.0 Å². The van der Waals surface area contributed by atoms with Crippen LogP contribution >= 0.6 is 11.6 Å². The highest BCUT2D eigenvalue weighted by molar-refractivity contribution is 7.92. The quantitative estimate of drug-likeness (QED) is 0.390. The third kappa shape index (κ3) is 6.01. The lowest BCUT2D eigenvalue weighted by atomic mass is 10.1. The number of hydrogen-bond donors (Lipinski definition) is 2. The van der Waals surface area contributed by atoms with E-state index in [-0.39, 0.29) is 15.6 Å². The first kappa shape index (κ1) is 25.2. The predicted molar refractivity (Wildman–Crippen MR) is 127 cm³/mol. The number of ether oxygens (including phenoxy) is 2. The monoisotopic (exact) mass is 526 g/mol. The molecular formula is C24H22ClF3N2O4S. The van der Waals surface area contributed by atoms with E-state index in [2.05, 4.69) is 10.0 Å². The molecule has 1 heterocycles. The van der Waals surface area contributed by atoms with E-state index in [4.69, 9.17) is 21.1 Å². The maximum Gasteiger partial charge on any atom is 0.419 e. The van der Waals surface area contributed by atoms with Crippen molar-refractivity contribution in [3.63, 3.8) is 0 Å². The van der Waals surface area contributed by atoms with Crippen LogP contribution < -0.4 is 19.5 Å². The van der Waals surface area contributed by atoms with Crippen LogP contribution in [-0.4, -0.2) is 27.1 Å². The summed E-state index contributed by atoms with van der Waals surface area (Å²) in [5.41, 5.74) is -1.94. The molecule has 1 aliphatic heterocycles. The fourth-order valence-electron chi connectivity index (χ4n) is 3.65. The van der Waals surface area contributed by atoms with Gasteiger partial charge in [-0.3, -0.25) is 4.72 Å². The largest absolute Gasteiger partial charge is 0.485 e. The van der Waals surface area contributed by atoms with E-state index in [1.807, 2.05) is 6.07 Å². The molecule has 0 unspecified atom stereocenters. The lowest BCUT2D eigenvalue weighted by Crippen LogP contribution is -2.35. The van der Waals surface area contributed by atoms with Crippen molar-refractivity contribution in [1.29, 1.82) is 0 Å². The molecule has 0 spiro atoms. The molecule has 3 aromatic carbocycles. The van der Waals surface area contributed by atoms with Crippen LogP contribution in [0.25, 0.3) is 0 Å². The van der Waals surface area contributed by atoms with Gasteiger partial charge in [-0.2, -0.15) is 13.2 Å². The summed E-state index contributed by atoms with van der Waals surface area (Å²) in [5, 5.41) is 2.94. The van der Waals surface area contributed by atoms with Crippen LogP contribution in [0.3, 0.4) is 0 Å². The molecule has 2 N–H and O–H groups in total. The molecule has 4 rings (SSSR count). The van der Waals surface area contributed by atoms with Crippen LogP contribution in [0, 0.1) is 0 Å². The molecule has 11 heteroatoms. The zero-order chi connectivity index (χ0) is 25.3. The van der Waals surface area contributed by atoms with Gasteiger partial charge in [0.05, 0.1) is 16.3 Å². The third-order valence-electron chi connectivity index (χ3n) is 5.40. The van der Waals surface area contributed by atoms with E-state index in [1.165, 1.54) is 18.2 Å². The maximum absolute atomic E-state index is 13.6. The van der Waals surface area contributed by atoms with E-state index < -0.39 is 33.1 Å². The van der Waals surface area contributed by atoms with Gasteiger partial charge >= 0.3 is 6.18 Å². The van der Waals surface area contributed by atoms with Gasteiger partial charge in [-0.25, -0.2) is 8.42 Å². The summed E-state index contributed by atoms with van der Waals surface area (Å²) in [6.07, 6.45) is -4.17. The smallest absolute Gasteiger partial charge is 0.419 e. The van der Waals surface area contributed by atoms with Gasteiger partial charge in [-0.15, -0.1) is 0 Å². The molecule has 0 bridgehead atoms. The second-order valence-electron chi connectivity index (χ2n) is 8.30. The minimum Gasteiger partial charge on any atom is -0.485 e. The standard InChI is InChI=1S/C24H22ClF3N2O4S/c1-23(11-12-29-15-23)34-21-13-16(7-9-19(21)24(26,27)28)30-35(31,32)22-10-8-18(14-20(22)25)33-17-5-3-2-4-6-17/h2-10,13-14,29-30H,11-12,15H2,1H3/t23-/m1/s1. The Morgan fingerprint density at radius 1 is 1.03 bits per heavy atom. The first-order chi connectivity index (χ1) is 16.5. The molecule has 0 amide bonds. The van der Waals surface area contributed by atoms with Crippen LogP contribution in [0.2, 0.25) is 5.02 Å². The van der Waals surface area contributed by atoms with Gasteiger partial charge in [0.15, 0.2) is 0 Å². The number of halogens is 4. The third-order valence-corrected chi connectivity index (χ3v) is 7.26. The summed E-state index contributed by atoms with van der Waals surface area (Å²) in [6.45, 7) is 2.67. The minimum absolute atomic E-state index is 0.0942. The van der Waals surface area contributed by atoms with E-state index in [0.717, 1.165) is 18.2 Å². The molecule has 0 aromatic heterocycles. The summed E-state index contributed by atoms with van der Waals surface area (Å²) in [5.74, 6) is 0.408. The van der Waals surface area contributed by atoms with Crippen LogP contribution in [0.5, 0.6) is 17.2 Å². The Morgan fingerprint density at radius 2 is 1.77 bits per heavy atom. The van der Waals surface area contributed by atoms with Crippen molar-refractivity contribution in [3.05, 3.63) is 77.3 Å². The number of nitrogens with one attached hydrogen (secondary N) is 2. The van der Waals surface area contributed by atoms with E-state index in [1.54, 1.807) is 31.2 Å². The number of anilines is 1. The van der Waals surface area contributed by atoms with Gasteiger partial charge in [0.25, 0.3) is 10.0 Å². The van der Waals surface area contributed by atoms with Crippen molar-refractivity contribution < 1.29 is 31.1 Å². The van der Waals surface area contributed by atoms with Gasteiger partial charge in [-0.1, -0.05) is 29.8 Å². The molecule has 1 saturated heterocycles. The Kier molecular flexibility index (Phi) is 6.90. The Bertz CT molecular complexity index is 1310. The second-order valence-corrected chi connectivity index (χ2v) is 10.4. The van der Waals surface area contributed by atoms with Gasteiger partial charge in [0.1, 0.15) is 27.7 Å². The van der Waals surface area contributed by atoms with Crippen molar-refractivity contribution in [2.24, 2.45) is 0 Å². The topological polar surface area (TPSA) is 76.7 Å². The summed E-state index contributed by atoms with van der Waals surface area (Å²) >= 11 is 6.21. The number of benzene rings is 3. The molecule has 1 atom stereocenters. The lowest BCUT2D eigenvalue weighted by molar-refractivity contribution is -0.139. The summed E-state index contributed by atoms with van der Waals surface area (Å²) in [6, 6.07) is 15.7. The zero-order valence-corrected chi connectivity index (χ0v) is 20.1. The van der Waals surface area contributed by atoms with Gasteiger partial charge in [-0.05, 0) is 49.9 Å². The molecule has 0 saturated carbocycles. The fraction of sp³-hybridized carbons (Fsp3) is 0.250. The highest BCUT2D eigenvalue weighted by Gasteiger charge is 2.38. The molecule has 1 aliphatic rings. The zero-order valence-electron chi connectivity index (χ0n) is 18.5. The second kappa shape index (κ2) is 9.60. The van der Waals surface area contributed by atoms with Crippen molar-refractivity contribution in [2.45, 2.75) is 30.0 Å². The lowest BCUT2D eigenvalue weighted by Gasteiger charge is -2.27. The molecule has 6 nitrogen and oxygen atoms in total. The van der Waals surface area contributed by atoms with E-state index in [9.17, 15) is 21.6 Å². The fourth-order valence-corrected chi connectivity index (χ4v) is 5.23. The highest BCUT2D eigenvalue weighted by Crippen LogP contribution is 2.40. The van der Waals surface area contributed by atoms with Gasteiger partial charge in [0.2, 0.25) is 0 Å². The predicted octanol–water partition coefficient (Wildman–Crippen LogP) is 6.08. The minimum atomic E-state index is -4.67. The molecule has 186 valence electrons. The Balaban J connectivity index is 1.59. The van der Waals surface area contributed by atoms with Crippen LogP contribution in [0.4, 0.5) is 18.9 Å². The van der Waals surface area contributed by atoms with Crippen LogP contribution in [0.1, 0.15) is 18.9 Å². The average molecular weight is 527 g/mol. The van der Waals surface area contributed by atoms with Crippen molar-refractivity contribution in [3.8, 4) is 17.2 Å². The van der Waals surface area contributed by atoms with Crippen molar-refractivity contribution in [1.82, 2.24) is 5.32 Å². The highest BCUT2D eigenvalue weighted by atomic mass is 35.5. The normalized spacial score (nSPS) is 18.3. The molecule has 3 aromatic rings. The maximum atomic E-state index is 13.6. The van der Waals surface area contributed by atoms with Gasteiger partial charge in [0, 0.05) is 25.1 Å². The SMILES string of the molecule is C[C@@]1(Oc2cc(NS(=O)(=O)c3ccc(Oc4ccccc4)cc3Cl)ccc2C(F)(F)F)CCNC1. The Morgan fingerprint density at radius 3 is 2.40 bits per heavy atom. The summed E-state index contributed by atoms with van der Waals surface area (Å²) < 4.78 is 80.3. The molecular weight excluding hydrogens is 505 g/mol. The molecule has 0 aliphatic carbocycles. The van der Waals surface area contributed by atoms with Crippen LogP contribution in [-0.2, 0) is 16.2 Å². The molecule has 0 radical (unpaired) electrons. The number of hydrogen-bond acceptors (Lipinski definition) is 5. The molecule has 35 heavy (non-hydrogen) atoms. The van der Waals surface area contributed by atoms with Crippen LogP contribution in [0.15, 0.2) is 71.6 Å². The number of alkyl halides is 3. The number of sulfonamides is 1. The van der Waals surface area contributed by atoms with E-state index >= 15 is 0 Å². The average Bonchev–Trinajstić information content (AvgIpc) is 3.19. The summed E-state index contributed by atoms with van der Waals surface area (Å²) in [4.78, 5) is -0.256. The summed E-state index contributed by atoms with van der Waals surface area (Å²) in [7, 11) is -4.23. The Labute approximate surface area is 206 Å². The van der Waals surface area contributed by atoms with Gasteiger partial charge < -0.3 is 14.8 Å². The first-order valence-electron chi connectivity index (χ1n) is 10.6. The Hall–Kier alpha value is -2.95. The first-order valence-corrected chi connectivity index (χ1v) is 12.5. The number of para-hydroxylation sites is 1. The van der Waals surface area contributed by atoms with Crippen molar-refractivity contribution in [2.75, 3.05) is 17.8 Å². The van der Waals surface area contributed by atoms with Crippen molar-refractivity contribution >= 4 is 27.3 Å². The number of rotatable bonds is 7.